The third-order valence-corrected chi connectivity index (χ3v) is 6.69. The van der Waals surface area contributed by atoms with Crippen LogP contribution in [-0.2, 0) is 0 Å². The van der Waals surface area contributed by atoms with E-state index in [9.17, 15) is 4.79 Å². The highest BCUT2D eigenvalue weighted by Gasteiger charge is 2.18. The number of aromatic amines is 1. The van der Waals surface area contributed by atoms with Crippen LogP contribution in [0.5, 0.6) is 0 Å². The molecular weight excluding hydrogens is 406 g/mol. The molecule has 7 heteroatoms. The van der Waals surface area contributed by atoms with E-state index in [0.717, 1.165) is 61.7 Å². The van der Waals surface area contributed by atoms with Crippen molar-refractivity contribution >= 4 is 39.4 Å². The fraction of sp³-hybridized carbons (Fsp3) is 0.292. The number of fused-ring (bicyclic) bond motifs is 2. The van der Waals surface area contributed by atoms with Crippen molar-refractivity contribution in [1.82, 2.24) is 19.9 Å². The van der Waals surface area contributed by atoms with Crippen LogP contribution < -0.4 is 10.5 Å². The van der Waals surface area contributed by atoms with Gasteiger partial charge in [-0.15, -0.1) is 0 Å². The van der Waals surface area contributed by atoms with E-state index < -0.39 is 0 Å². The molecule has 1 fully saturated rings. The largest absolute Gasteiger partial charge is 0.354 e. The molecule has 3 heterocycles. The van der Waals surface area contributed by atoms with Crippen LogP contribution in [0, 0.1) is 0 Å². The average Bonchev–Trinajstić information content (AvgIpc) is 2.82. The molecule has 31 heavy (non-hydrogen) atoms. The molecule has 0 atom stereocenters. The number of hydrogen-bond acceptors (Lipinski definition) is 6. The maximum Gasteiger partial charge on any atom is 0.259 e. The zero-order valence-corrected chi connectivity index (χ0v) is 18.1. The molecule has 6 nitrogen and oxygen atoms in total. The lowest BCUT2D eigenvalue weighted by Crippen LogP contribution is -2.47. The van der Waals surface area contributed by atoms with E-state index in [-0.39, 0.29) is 5.56 Å². The van der Waals surface area contributed by atoms with Crippen LogP contribution in [0.25, 0.3) is 21.8 Å². The Bertz CT molecular complexity index is 1250. The monoisotopic (exact) mass is 431 g/mol. The Morgan fingerprint density at radius 1 is 0.871 bits per heavy atom. The molecule has 0 unspecified atom stereocenters. The summed E-state index contributed by atoms with van der Waals surface area (Å²) in [4.78, 5) is 29.3. The van der Waals surface area contributed by atoms with Crippen molar-refractivity contribution in [1.29, 1.82) is 0 Å². The van der Waals surface area contributed by atoms with Gasteiger partial charge in [0.15, 0.2) is 5.16 Å². The van der Waals surface area contributed by atoms with Crippen LogP contribution in [0.15, 0.2) is 70.6 Å². The number of aromatic nitrogens is 3. The molecule has 4 aromatic rings. The summed E-state index contributed by atoms with van der Waals surface area (Å²) < 4.78 is 0. The Morgan fingerprint density at radius 3 is 2.52 bits per heavy atom. The Kier molecular flexibility index (Phi) is 5.86. The first kappa shape index (κ1) is 20.0. The molecule has 1 N–H and O–H groups in total. The minimum Gasteiger partial charge on any atom is -0.354 e. The summed E-state index contributed by atoms with van der Waals surface area (Å²) in [5.74, 6) is 2.01. The van der Waals surface area contributed by atoms with Crippen molar-refractivity contribution in [2.75, 3.05) is 43.4 Å². The van der Waals surface area contributed by atoms with Crippen LogP contribution >= 0.6 is 11.8 Å². The van der Waals surface area contributed by atoms with Gasteiger partial charge in [-0.1, -0.05) is 42.1 Å². The molecule has 0 radical (unpaired) electrons. The number of piperazine rings is 1. The second-order valence-corrected chi connectivity index (χ2v) is 8.86. The molecule has 0 aliphatic carbocycles. The molecule has 0 spiro atoms. The lowest BCUT2D eigenvalue weighted by atomic mass is 10.2. The van der Waals surface area contributed by atoms with E-state index in [1.807, 2.05) is 30.3 Å². The van der Waals surface area contributed by atoms with Gasteiger partial charge in [0.05, 0.1) is 16.4 Å². The zero-order chi connectivity index (χ0) is 21.0. The normalized spacial score (nSPS) is 15.0. The number of benzene rings is 2. The average molecular weight is 432 g/mol. The van der Waals surface area contributed by atoms with Crippen molar-refractivity contribution in [2.45, 2.75) is 11.6 Å². The molecule has 158 valence electrons. The van der Waals surface area contributed by atoms with Crippen molar-refractivity contribution in [2.24, 2.45) is 0 Å². The number of hydrogen-bond donors (Lipinski definition) is 1. The van der Waals surface area contributed by atoms with Gasteiger partial charge in [-0.3, -0.25) is 9.69 Å². The third kappa shape index (κ3) is 4.57. The fourth-order valence-corrected chi connectivity index (χ4v) is 4.82. The molecule has 0 bridgehead atoms. The van der Waals surface area contributed by atoms with E-state index in [4.69, 9.17) is 4.98 Å². The van der Waals surface area contributed by atoms with Crippen LogP contribution in [-0.4, -0.2) is 58.3 Å². The summed E-state index contributed by atoms with van der Waals surface area (Å²) in [6.45, 7) is 5.15. The number of anilines is 1. The maximum absolute atomic E-state index is 12.2. The zero-order valence-electron chi connectivity index (χ0n) is 17.3. The number of pyridine rings is 1. The van der Waals surface area contributed by atoms with Gasteiger partial charge in [-0.05, 0) is 43.3 Å². The van der Waals surface area contributed by atoms with E-state index in [1.165, 1.54) is 5.39 Å². The van der Waals surface area contributed by atoms with Crippen molar-refractivity contribution < 1.29 is 0 Å². The Hall–Kier alpha value is -2.90. The van der Waals surface area contributed by atoms with Crippen molar-refractivity contribution in [3.63, 3.8) is 0 Å². The molecular formula is C24H25N5OS. The van der Waals surface area contributed by atoms with E-state index in [0.29, 0.717) is 10.5 Å². The minimum atomic E-state index is -0.0634. The first-order chi connectivity index (χ1) is 15.3. The van der Waals surface area contributed by atoms with Gasteiger partial charge in [0.25, 0.3) is 5.56 Å². The predicted octanol–water partition coefficient (Wildman–Crippen LogP) is 3.78. The molecule has 1 aliphatic heterocycles. The van der Waals surface area contributed by atoms with Gasteiger partial charge in [-0.25, -0.2) is 9.97 Å². The molecule has 0 amide bonds. The quantitative estimate of drug-likeness (QED) is 0.285. The molecule has 2 aromatic heterocycles. The SMILES string of the molecule is O=c1[nH]c(SCCCN2CCN(c3ccc4ccccc4n3)CC2)nc2ccccc12. The molecule has 0 saturated carbocycles. The molecule has 5 rings (SSSR count). The number of nitrogens with zero attached hydrogens (tertiary/aromatic N) is 4. The number of thioether (sulfide) groups is 1. The summed E-state index contributed by atoms with van der Waals surface area (Å²) in [5.41, 5.74) is 1.75. The van der Waals surface area contributed by atoms with E-state index in [2.05, 4.69) is 50.1 Å². The Morgan fingerprint density at radius 2 is 1.65 bits per heavy atom. The molecule has 2 aromatic carbocycles. The van der Waals surface area contributed by atoms with Gasteiger partial charge in [-0.2, -0.15) is 0 Å². The van der Waals surface area contributed by atoms with Gasteiger partial charge >= 0.3 is 0 Å². The summed E-state index contributed by atoms with van der Waals surface area (Å²) in [7, 11) is 0. The topological polar surface area (TPSA) is 65.1 Å². The highest BCUT2D eigenvalue weighted by molar-refractivity contribution is 7.99. The third-order valence-electron chi connectivity index (χ3n) is 5.73. The van der Waals surface area contributed by atoms with Gasteiger partial charge < -0.3 is 9.88 Å². The van der Waals surface area contributed by atoms with Crippen LogP contribution in [0.3, 0.4) is 0 Å². The Labute approximate surface area is 185 Å². The highest BCUT2D eigenvalue weighted by Crippen LogP contribution is 2.20. The summed E-state index contributed by atoms with van der Waals surface area (Å²) in [5, 5.41) is 2.53. The van der Waals surface area contributed by atoms with Crippen LogP contribution in [0.1, 0.15) is 6.42 Å². The number of para-hydroxylation sites is 2. The molecule has 1 aliphatic rings. The van der Waals surface area contributed by atoms with Gasteiger partial charge in [0.1, 0.15) is 5.82 Å². The number of nitrogens with one attached hydrogen (secondary N) is 1. The second kappa shape index (κ2) is 9.08. The summed E-state index contributed by atoms with van der Waals surface area (Å²) in [6, 6.07) is 20.0. The standard InChI is InChI=1S/C24H25N5OS/c30-23-19-7-2-4-9-21(19)26-24(27-23)31-17-5-12-28-13-15-29(16-14-28)22-11-10-18-6-1-3-8-20(18)25-22/h1-4,6-11H,5,12-17H2,(H,26,27,30). The van der Waals surface area contributed by atoms with Crippen LogP contribution in [0.2, 0.25) is 0 Å². The second-order valence-electron chi connectivity index (χ2n) is 7.78. The lowest BCUT2D eigenvalue weighted by molar-refractivity contribution is 0.258. The van der Waals surface area contributed by atoms with Gasteiger partial charge in [0.2, 0.25) is 0 Å². The van der Waals surface area contributed by atoms with Crippen molar-refractivity contribution in [3.05, 3.63) is 71.0 Å². The first-order valence-electron chi connectivity index (χ1n) is 10.7. The first-order valence-corrected chi connectivity index (χ1v) is 11.7. The minimum absolute atomic E-state index is 0.0634. The molecule has 1 saturated heterocycles. The lowest BCUT2D eigenvalue weighted by Gasteiger charge is -2.35. The smallest absolute Gasteiger partial charge is 0.259 e. The highest BCUT2D eigenvalue weighted by atomic mass is 32.2. The summed E-state index contributed by atoms with van der Waals surface area (Å²) >= 11 is 1.62. The maximum atomic E-state index is 12.2. The number of H-pyrrole nitrogens is 1. The predicted molar refractivity (Wildman–Crippen MR) is 128 cm³/mol. The van der Waals surface area contributed by atoms with Crippen LogP contribution in [0.4, 0.5) is 5.82 Å². The fourth-order valence-electron chi connectivity index (χ4n) is 4.02. The Balaban J connectivity index is 1.10. The van der Waals surface area contributed by atoms with Crippen molar-refractivity contribution in [3.8, 4) is 0 Å². The van der Waals surface area contributed by atoms with Gasteiger partial charge in [0, 0.05) is 37.3 Å². The van der Waals surface area contributed by atoms with E-state index >= 15 is 0 Å². The van der Waals surface area contributed by atoms with E-state index in [1.54, 1.807) is 11.8 Å². The number of rotatable bonds is 6. The summed E-state index contributed by atoms with van der Waals surface area (Å²) in [6.07, 6.45) is 1.06.